The quantitative estimate of drug-likeness (QED) is 0.715. The molecule has 0 aromatic carbocycles. The van der Waals surface area contributed by atoms with E-state index in [-0.39, 0.29) is 0 Å². The van der Waals surface area contributed by atoms with E-state index < -0.39 is 0 Å². The fourth-order valence-corrected chi connectivity index (χ4v) is 1.11. The van der Waals surface area contributed by atoms with Crippen molar-refractivity contribution in [3.05, 3.63) is 42.4 Å². The lowest BCUT2D eigenvalue weighted by molar-refractivity contribution is 0.779. The third kappa shape index (κ3) is 1.54. The van der Waals surface area contributed by atoms with E-state index in [0.717, 1.165) is 17.1 Å². The van der Waals surface area contributed by atoms with E-state index in [4.69, 9.17) is 0 Å². The van der Waals surface area contributed by atoms with E-state index in [2.05, 4.69) is 21.9 Å². The molecule has 0 atom stereocenters. The van der Waals surface area contributed by atoms with E-state index in [9.17, 15) is 0 Å². The van der Waals surface area contributed by atoms with Crippen LogP contribution in [0.2, 0.25) is 0 Å². The lowest BCUT2D eigenvalue weighted by Gasteiger charge is -1.98. The first-order chi connectivity index (χ1) is 6.79. The normalized spacial score (nSPS) is 10.1. The van der Waals surface area contributed by atoms with E-state index >= 15 is 0 Å². The number of hydrogen-bond acceptors (Lipinski definition) is 3. The maximum atomic E-state index is 4.22. The summed E-state index contributed by atoms with van der Waals surface area (Å²) in [6.45, 7) is 5.55. The fourth-order valence-electron chi connectivity index (χ4n) is 1.11. The van der Waals surface area contributed by atoms with E-state index in [1.165, 1.54) is 0 Å². The zero-order valence-corrected chi connectivity index (χ0v) is 7.88. The van der Waals surface area contributed by atoms with Gasteiger partial charge in [0.2, 0.25) is 0 Å². The zero-order valence-electron chi connectivity index (χ0n) is 7.88. The molecule has 0 N–H and O–H groups in total. The van der Waals surface area contributed by atoms with Crippen LogP contribution in [0.4, 0.5) is 0 Å². The zero-order chi connectivity index (χ0) is 9.97. The standard InChI is InChI=1S/C10H10N4/c1-3-9-4-5-10(11-6-9)14-7-8(2)12-13-14/h3-7H,1H2,2H3. The minimum Gasteiger partial charge on any atom is -0.236 e. The topological polar surface area (TPSA) is 43.6 Å². The van der Waals surface area contributed by atoms with Gasteiger partial charge in [-0.2, -0.15) is 0 Å². The summed E-state index contributed by atoms with van der Waals surface area (Å²) in [4.78, 5) is 4.22. The van der Waals surface area contributed by atoms with Gasteiger partial charge in [-0.3, -0.25) is 0 Å². The van der Waals surface area contributed by atoms with Crippen molar-refractivity contribution in [1.82, 2.24) is 20.0 Å². The van der Waals surface area contributed by atoms with Crippen LogP contribution in [0.3, 0.4) is 0 Å². The van der Waals surface area contributed by atoms with Crippen molar-refractivity contribution in [2.24, 2.45) is 0 Å². The minimum atomic E-state index is 0.760. The minimum absolute atomic E-state index is 0.760. The lowest BCUT2D eigenvalue weighted by atomic mass is 10.3. The molecule has 0 fully saturated rings. The highest BCUT2D eigenvalue weighted by molar-refractivity contribution is 5.46. The van der Waals surface area contributed by atoms with Gasteiger partial charge in [-0.15, -0.1) is 5.10 Å². The van der Waals surface area contributed by atoms with Gasteiger partial charge in [0, 0.05) is 6.20 Å². The second kappa shape index (κ2) is 3.41. The maximum absolute atomic E-state index is 4.22. The predicted octanol–water partition coefficient (Wildman–Crippen LogP) is 1.61. The second-order valence-corrected chi connectivity index (χ2v) is 2.96. The van der Waals surface area contributed by atoms with Crippen LogP contribution in [0.15, 0.2) is 31.1 Å². The van der Waals surface area contributed by atoms with Gasteiger partial charge in [-0.1, -0.05) is 17.9 Å². The molecule has 0 unspecified atom stereocenters. The fraction of sp³-hybridized carbons (Fsp3) is 0.100. The highest BCUT2D eigenvalue weighted by atomic mass is 15.4. The van der Waals surface area contributed by atoms with E-state index in [1.807, 2.05) is 25.3 Å². The Morgan fingerprint density at radius 2 is 2.29 bits per heavy atom. The summed E-state index contributed by atoms with van der Waals surface area (Å²) in [7, 11) is 0. The first kappa shape index (κ1) is 8.62. The third-order valence-corrected chi connectivity index (χ3v) is 1.85. The van der Waals surface area contributed by atoms with Crippen LogP contribution >= 0.6 is 0 Å². The molecule has 0 aliphatic rings. The van der Waals surface area contributed by atoms with Gasteiger partial charge < -0.3 is 0 Å². The molecule has 4 heteroatoms. The molecule has 4 nitrogen and oxygen atoms in total. The molecule has 0 spiro atoms. The molecule has 0 aliphatic carbocycles. The number of pyridine rings is 1. The molecule has 0 bridgehead atoms. The Balaban J connectivity index is 2.38. The first-order valence-electron chi connectivity index (χ1n) is 4.27. The van der Waals surface area contributed by atoms with Crippen molar-refractivity contribution < 1.29 is 0 Å². The van der Waals surface area contributed by atoms with Gasteiger partial charge in [-0.25, -0.2) is 9.67 Å². The van der Waals surface area contributed by atoms with Crippen molar-refractivity contribution in [2.75, 3.05) is 0 Å². The Labute approximate surface area is 81.9 Å². The summed E-state index contributed by atoms with van der Waals surface area (Å²) in [5.41, 5.74) is 1.87. The molecule has 2 aromatic heterocycles. The van der Waals surface area contributed by atoms with Crippen LogP contribution in [0.25, 0.3) is 11.9 Å². The molecular weight excluding hydrogens is 176 g/mol. The first-order valence-corrected chi connectivity index (χ1v) is 4.27. The maximum Gasteiger partial charge on any atom is 0.155 e. The van der Waals surface area contributed by atoms with Gasteiger partial charge in [-0.05, 0) is 24.6 Å². The van der Waals surface area contributed by atoms with Crippen LogP contribution in [-0.2, 0) is 0 Å². The Kier molecular flexibility index (Phi) is 2.10. The van der Waals surface area contributed by atoms with Gasteiger partial charge in [0.05, 0.1) is 11.9 Å². The Morgan fingerprint density at radius 1 is 1.43 bits per heavy atom. The van der Waals surface area contributed by atoms with Crippen LogP contribution in [-0.4, -0.2) is 20.0 Å². The average Bonchev–Trinajstić information content (AvgIpc) is 2.65. The SMILES string of the molecule is C=Cc1ccc(-n2cc(C)nn2)nc1. The predicted molar refractivity (Wildman–Crippen MR) is 54.0 cm³/mol. The van der Waals surface area contributed by atoms with E-state index in [1.54, 1.807) is 17.0 Å². The lowest BCUT2D eigenvalue weighted by Crippen LogP contribution is -1.97. The summed E-state index contributed by atoms with van der Waals surface area (Å²) in [5.74, 6) is 0.760. The van der Waals surface area contributed by atoms with Crippen molar-refractivity contribution >= 4 is 6.08 Å². The van der Waals surface area contributed by atoms with Crippen molar-refractivity contribution in [1.29, 1.82) is 0 Å². The average molecular weight is 186 g/mol. The highest BCUT2D eigenvalue weighted by Gasteiger charge is 1.99. The number of nitrogens with zero attached hydrogens (tertiary/aromatic N) is 4. The largest absolute Gasteiger partial charge is 0.236 e. The molecule has 2 aromatic rings. The molecule has 70 valence electrons. The van der Waals surface area contributed by atoms with Gasteiger partial charge in [0.1, 0.15) is 0 Å². The number of hydrogen-bond donors (Lipinski definition) is 0. The summed E-state index contributed by atoms with van der Waals surface area (Å²) >= 11 is 0. The summed E-state index contributed by atoms with van der Waals surface area (Å²) in [6.07, 6.45) is 5.33. The molecule has 0 amide bonds. The Hall–Kier alpha value is -1.97. The van der Waals surface area contributed by atoms with Gasteiger partial charge in [0.15, 0.2) is 5.82 Å². The molecular formula is C10H10N4. The van der Waals surface area contributed by atoms with Crippen molar-refractivity contribution in [3.63, 3.8) is 0 Å². The molecule has 0 radical (unpaired) electrons. The van der Waals surface area contributed by atoms with Crippen LogP contribution in [0, 0.1) is 6.92 Å². The number of rotatable bonds is 2. The Morgan fingerprint density at radius 3 is 2.79 bits per heavy atom. The number of aryl methyl sites for hydroxylation is 1. The Bertz CT molecular complexity index is 441. The molecule has 0 aliphatic heterocycles. The summed E-state index contributed by atoms with van der Waals surface area (Å²) in [5, 5.41) is 7.81. The molecule has 0 saturated carbocycles. The van der Waals surface area contributed by atoms with Crippen LogP contribution in [0.5, 0.6) is 0 Å². The van der Waals surface area contributed by atoms with E-state index in [0.29, 0.717) is 0 Å². The van der Waals surface area contributed by atoms with Gasteiger partial charge in [0.25, 0.3) is 0 Å². The summed E-state index contributed by atoms with van der Waals surface area (Å²) in [6, 6.07) is 3.82. The second-order valence-electron chi connectivity index (χ2n) is 2.96. The summed E-state index contributed by atoms with van der Waals surface area (Å²) < 4.78 is 1.64. The smallest absolute Gasteiger partial charge is 0.155 e. The van der Waals surface area contributed by atoms with Crippen molar-refractivity contribution in [2.45, 2.75) is 6.92 Å². The third-order valence-electron chi connectivity index (χ3n) is 1.85. The molecule has 0 saturated heterocycles. The molecule has 2 rings (SSSR count). The molecule has 14 heavy (non-hydrogen) atoms. The van der Waals surface area contributed by atoms with Crippen LogP contribution < -0.4 is 0 Å². The highest BCUT2D eigenvalue weighted by Crippen LogP contribution is 2.05. The monoisotopic (exact) mass is 186 g/mol. The van der Waals surface area contributed by atoms with Gasteiger partial charge >= 0.3 is 0 Å². The van der Waals surface area contributed by atoms with Crippen molar-refractivity contribution in [3.8, 4) is 5.82 Å². The molecule has 2 heterocycles. The number of aromatic nitrogens is 4. The van der Waals surface area contributed by atoms with Crippen LogP contribution in [0.1, 0.15) is 11.3 Å².